The highest BCUT2D eigenvalue weighted by Gasteiger charge is 2.13. The van der Waals surface area contributed by atoms with E-state index in [0.29, 0.717) is 0 Å². The van der Waals surface area contributed by atoms with Gasteiger partial charge in [-0.15, -0.1) is 0 Å². The summed E-state index contributed by atoms with van der Waals surface area (Å²) >= 11 is 0. The van der Waals surface area contributed by atoms with Crippen LogP contribution >= 0.6 is 0 Å². The van der Waals surface area contributed by atoms with Crippen LogP contribution in [-0.4, -0.2) is 30.2 Å². The van der Waals surface area contributed by atoms with E-state index in [2.05, 4.69) is 4.74 Å². The summed E-state index contributed by atoms with van der Waals surface area (Å²) in [6.45, 7) is 3.33. The van der Waals surface area contributed by atoms with Gasteiger partial charge in [-0.25, -0.2) is 0 Å². The summed E-state index contributed by atoms with van der Waals surface area (Å²) < 4.78 is 4.54. The van der Waals surface area contributed by atoms with Gasteiger partial charge in [0.05, 0.1) is 6.10 Å². The maximum atomic E-state index is 10.5. The standard InChI is InChI=1S/C5H9BO4/c1-3(2)10-5(9)6-4(7)8/h3,6H,1-2H3,(H,7,8). The van der Waals surface area contributed by atoms with Crippen LogP contribution in [0.15, 0.2) is 0 Å². The minimum absolute atomic E-state index is 0.244. The van der Waals surface area contributed by atoms with E-state index in [0.717, 1.165) is 0 Å². The Morgan fingerprint density at radius 2 is 2.00 bits per heavy atom. The van der Waals surface area contributed by atoms with Crippen molar-refractivity contribution in [3.8, 4) is 0 Å². The fourth-order valence-corrected chi connectivity index (χ4v) is 0.428. The molecular weight excluding hydrogens is 135 g/mol. The van der Waals surface area contributed by atoms with E-state index in [9.17, 15) is 9.59 Å². The topological polar surface area (TPSA) is 63.6 Å². The molecule has 0 atom stereocenters. The summed E-state index contributed by atoms with van der Waals surface area (Å²) in [5, 5.41) is 8.10. The fourth-order valence-electron chi connectivity index (χ4n) is 0.428. The molecule has 56 valence electrons. The van der Waals surface area contributed by atoms with Gasteiger partial charge in [0.2, 0.25) is 0 Å². The average molecular weight is 144 g/mol. The number of carbonyl (C=O) groups is 2. The van der Waals surface area contributed by atoms with Crippen LogP contribution in [0.2, 0.25) is 0 Å². The molecule has 0 aliphatic heterocycles. The van der Waals surface area contributed by atoms with Crippen LogP contribution in [0.1, 0.15) is 13.8 Å². The molecule has 0 amide bonds. The normalized spacial score (nSPS) is 9.10. The maximum absolute atomic E-state index is 10.5. The number of hydrogen-bond donors (Lipinski definition) is 1. The Morgan fingerprint density at radius 3 is 2.30 bits per heavy atom. The zero-order valence-corrected chi connectivity index (χ0v) is 5.96. The van der Waals surface area contributed by atoms with E-state index < -0.39 is 19.0 Å². The Morgan fingerprint density at radius 1 is 1.50 bits per heavy atom. The van der Waals surface area contributed by atoms with E-state index in [1.807, 2.05) is 0 Å². The van der Waals surface area contributed by atoms with Gasteiger partial charge in [-0.3, -0.25) is 9.59 Å². The Hall–Kier alpha value is -0.995. The smallest absolute Gasteiger partial charge is 0.392 e. The number of carboxylic acid groups (broad SMARTS) is 1. The van der Waals surface area contributed by atoms with Crippen LogP contribution in [-0.2, 0) is 4.74 Å². The molecule has 0 bridgehead atoms. The van der Waals surface area contributed by atoms with Gasteiger partial charge < -0.3 is 9.84 Å². The molecule has 0 saturated carbocycles. The lowest BCUT2D eigenvalue weighted by Gasteiger charge is -2.04. The highest BCUT2D eigenvalue weighted by Crippen LogP contribution is 1.89. The van der Waals surface area contributed by atoms with E-state index in [1.54, 1.807) is 13.8 Å². The fraction of sp³-hybridized carbons (Fsp3) is 0.600. The average Bonchev–Trinajstić information content (AvgIpc) is 1.58. The molecular formula is C5H9BO4. The maximum Gasteiger partial charge on any atom is 0.392 e. The van der Waals surface area contributed by atoms with Crippen LogP contribution < -0.4 is 0 Å². The van der Waals surface area contributed by atoms with Crippen molar-refractivity contribution in [2.75, 3.05) is 0 Å². The molecule has 1 N–H and O–H groups in total. The molecule has 0 fully saturated rings. The molecule has 0 radical (unpaired) electrons. The second-order valence-corrected chi connectivity index (χ2v) is 2.11. The Labute approximate surface area is 59.4 Å². The van der Waals surface area contributed by atoms with Crippen molar-refractivity contribution in [1.29, 1.82) is 0 Å². The zero-order chi connectivity index (χ0) is 8.15. The molecule has 10 heavy (non-hydrogen) atoms. The molecule has 0 spiro atoms. The van der Waals surface area contributed by atoms with Crippen molar-refractivity contribution in [2.24, 2.45) is 0 Å². The van der Waals surface area contributed by atoms with Crippen molar-refractivity contribution < 1.29 is 19.4 Å². The van der Waals surface area contributed by atoms with E-state index in [-0.39, 0.29) is 6.10 Å². The Bertz CT molecular complexity index is 143. The molecule has 0 saturated heterocycles. The van der Waals surface area contributed by atoms with Crippen LogP contribution in [0.4, 0.5) is 9.59 Å². The molecule has 0 aromatic carbocycles. The second kappa shape index (κ2) is 3.92. The van der Waals surface area contributed by atoms with E-state index in [1.165, 1.54) is 0 Å². The summed E-state index contributed by atoms with van der Waals surface area (Å²) in [7, 11) is -0.557. The lowest BCUT2D eigenvalue weighted by Crippen LogP contribution is -2.21. The number of rotatable bonds is 3. The summed E-state index contributed by atoms with van der Waals surface area (Å²) in [5.74, 6) is -1.85. The highest BCUT2D eigenvalue weighted by molar-refractivity contribution is 6.94. The third kappa shape index (κ3) is 5.15. The van der Waals surface area contributed by atoms with Crippen LogP contribution in [0.5, 0.6) is 0 Å². The first kappa shape index (κ1) is 9.00. The molecule has 0 aromatic heterocycles. The summed E-state index contributed by atoms with van der Waals surface area (Å²) in [6, 6.07) is 0. The number of hydrogen-bond acceptors (Lipinski definition) is 3. The molecule has 0 aromatic rings. The molecule has 0 unspecified atom stereocenters. The lowest BCUT2D eigenvalue weighted by molar-refractivity contribution is 0.140. The SMILES string of the molecule is CC(C)OC(=O)BC(=O)O. The van der Waals surface area contributed by atoms with Crippen molar-refractivity contribution in [2.45, 2.75) is 20.0 Å². The lowest BCUT2D eigenvalue weighted by atomic mass is 9.79. The Balaban J connectivity index is 3.54. The van der Waals surface area contributed by atoms with Gasteiger partial charge in [0, 0.05) is 0 Å². The van der Waals surface area contributed by atoms with Gasteiger partial charge in [-0.2, -0.15) is 0 Å². The van der Waals surface area contributed by atoms with Crippen molar-refractivity contribution in [3.05, 3.63) is 0 Å². The third-order valence-corrected chi connectivity index (χ3v) is 0.663. The zero-order valence-electron chi connectivity index (χ0n) is 5.96. The summed E-state index contributed by atoms with van der Waals surface area (Å²) in [4.78, 5) is 20.4. The molecule has 0 rings (SSSR count). The van der Waals surface area contributed by atoms with E-state index in [4.69, 9.17) is 5.11 Å². The van der Waals surface area contributed by atoms with Gasteiger partial charge in [0.25, 0.3) is 11.7 Å². The van der Waals surface area contributed by atoms with Crippen molar-refractivity contribution in [1.82, 2.24) is 0 Å². The van der Waals surface area contributed by atoms with Gasteiger partial charge in [-0.1, -0.05) is 0 Å². The van der Waals surface area contributed by atoms with Crippen LogP contribution in [0.3, 0.4) is 0 Å². The first-order valence-corrected chi connectivity index (χ1v) is 2.93. The minimum Gasteiger partial charge on any atom is -0.489 e. The quantitative estimate of drug-likeness (QED) is 0.590. The Kier molecular flexibility index (Phi) is 3.53. The second-order valence-electron chi connectivity index (χ2n) is 2.11. The number of carbonyl (C=O) groups excluding carboxylic acids is 1. The predicted octanol–water partition coefficient (Wildman–Crippen LogP) is 0.646. The predicted molar refractivity (Wildman–Crippen MR) is 36.8 cm³/mol. The van der Waals surface area contributed by atoms with Gasteiger partial charge in [0.1, 0.15) is 0 Å². The summed E-state index contributed by atoms with van der Waals surface area (Å²) in [6.07, 6.45) is -0.244. The van der Waals surface area contributed by atoms with Crippen molar-refractivity contribution in [3.63, 3.8) is 0 Å². The minimum atomic E-state index is -1.16. The molecule has 5 heteroatoms. The number of ether oxygens (including phenoxy) is 1. The first-order chi connectivity index (χ1) is 4.52. The van der Waals surface area contributed by atoms with Crippen LogP contribution in [0.25, 0.3) is 0 Å². The third-order valence-electron chi connectivity index (χ3n) is 0.663. The summed E-state index contributed by atoms with van der Waals surface area (Å²) in [5.41, 5.74) is 0. The highest BCUT2D eigenvalue weighted by atomic mass is 16.5. The largest absolute Gasteiger partial charge is 0.489 e. The molecule has 0 heterocycles. The van der Waals surface area contributed by atoms with Crippen molar-refractivity contribution >= 4 is 19.0 Å². The van der Waals surface area contributed by atoms with Gasteiger partial charge >= 0.3 is 7.28 Å². The monoisotopic (exact) mass is 144 g/mol. The van der Waals surface area contributed by atoms with Crippen LogP contribution in [0, 0.1) is 0 Å². The van der Waals surface area contributed by atoms with E-state index >= 15 is 0 Å². The van der Waals surface area contributed by atoms with Gasteiger partial charge in [0.15, 0.2) is 0 Å². The first-order valence-electron chi connectivity index (χ1n) is 2.93. The van der Waals surface area contributed by atoms with Gasteiger partial charge in [-0.05, 0) is 13.8 Å². The molecule has 0 aliphatic carbocycles. The molecule has 4 nitrogen and oxygen atoms in total. The molecule has 0 aliphatic rings.